The van der Waals surface area contributed by atoms with Crippen LogP contribution in [0.1, 0.15) is 21.8 Å². The van der Waals surface area contributed by atoms with E-state index in [4.69, 9.17) is 4.74 Å². The lowest BCUT2D eigenvalue weighted by Gasteiger charge is -2.15. The Morgan fingerprint density at radius 1 is 1.40 bits per heavy atom. The molecule has 0 fully saturated rings. The number of hydrogen-bond donors (Lipinski definition) is 2. The highest BCUT2D eigenvalue weighted by molar-refractivity contribution is 7.09. The van der Waals surface area contributed by atoms with Gasteiger partial charge in [0.25, 0.3) is 0 Å². The zero-order valence-corrected chi connectivity index (χ0v) is 14.0. The zero-order chi connectivity index (χ0) is 17.9. The number of aromatic nitrogens is 2. The second-order valence-electron chi connectivity index (χ2n) is 5.49. The van der Waals surface area contributed by atoms with Gasteiger partial charge in [-0.05, 0) is 11.4 Å². The average molecular weight is 374 g/mol. The summed E-state index contributed by atoms with van der Waals surface area (Å²) in [5.41, 5.74) is -0.274. The monoisotopic (exact) mass is 374 g/mol. The van der Waals surface area contributed by atoms with Gasteiger partial charge in [0.05, 0.1) is 26.3 Å². The van der Waals surface area contributed by atoms with Crippen LogP contribution in [0.5, 0.6) is 0 Å². The van der Waals surface area contributed by atoms with Crippen molar-refractivity contribution in [3.05, 3.63) is 39.3 Å². The van der Waals surface area contributed by atoms with Crippen LogP contribution in [-0.4, -0.2) is 29.0 Å². The summed E-state index contributed by atoms with van der Waals surface area (Å²) in [6.07, 6.45) is -4.13. The minimum atomic E-state index is -4.51. The lowest BCUT2D eigenvalue weighted by atomic mass is 10.1. The van der Waals surface area contributed by atoms with E-state index in [1.165, 1.54) is 16.0 Å². The number of thiophene rings is 1. The molecule has 0 unspecified atom stereocenters. The van der Waals surface area contributed by atoms with Gasteiger partial charge in [-0.2, -0.15) is 18.3 Å². The van der Waals surface area contributed by atoms with E-state index in [9.17, 15) is 18.0 Å². The summed E-state index contributed by atoms with van der Waals surface area (Å²) in [5.74, 6) is 0. The molecule has 0 bridgehead atoms. The molecule has 0 atom stereocenters. The van der Waals surface area contributed by atoms with Crippen LogP contribution in [0.2, 0.25) is 0 Å². The Labute approximate surface area is 146 Å². The molecule has 2 aromatic rings. The smallest absolute Gasteiger partial charge is 0.376 e. The van der Waals surface area contributed by atoms with Crippen molar-refractivity contribution in [1.29, 1.82) is 0 Å². The van der Waals surface area contributed by atoms with Gasteiger partial charge in [0.15, 0.2) is 5.69 Å². The molecule has 0 aromatic carbocycles. The first kappa shape index (κ1) is 17.7. The Kier molecular flexibility index (Phi) is 5.28. The molecule has 0 aliphatic carbocycles. The predicted octanol–water partition coefficient (Wildman–Crippen LogP) is 2.54. The second-order valence-corrected chi connectivity index (χ2v) is 6.52. The number of alkyl halides is 3. The highest BCUT2D eigenvalue weighted by Crippen LogP contribution is 2.34. The predicted molar refractivity (Wildman–Crippen MR) is 85.1 cm³/mol. The molecule has 2 amide bonds. The van der Waals surface area contributed by atoms with Gasteiger partial charge in [-0.25, -0.2) is 4.79 Å². The first-order valence-electron chi connectivity index (χ1n) is 7.72. The van der Waals surface area contributed by atoms with E-state index in [2.05, 4.69) is 15.7 Å². The summed E-state index contributed by atoms with van der Waals surface area (Å²) in [5, 5.41) is 10.9. The summed E-state index contributed by atoms with van der Waals surface area (Å²) in [7, 11) is 0. The number of urea groups is 1. The van der Waals surface area contributed by atoms with Crippen molar-refractivity contribution < 1.29 is 22.7 Å². The second kappa shape index (κ2) is 7.44. The normalized spacial score (nSPS) is 14.2. The summed E-state index contributed by atoms with van der Waals surface area (Å²) in [4.78, 5) is 12.8. The molecule has 0 spiro atoms. The maximum Gasteiger partial charge on any atom is 0.435 e. The standard InChI is InChI=1S/C15H17F3N4O2S/c16-15(17,18)13-11-9-24-6-3-12(11)22(21-13)5-4-19-14(23)20-8-10-2-1-7-25-10/h1-2,7H,3-6,8-9H2,(H2,19,20,23). The van der Waals surface area contributed by atoms with Crippen molar-refractivity contribution in [2.45, 2.75) is 32.3 Å². The third kappa shape index (κ3) is 4.31. The molecule has 1 aliphatic heterocycles. The fraction of sp³-hybridized carbons (Fsp3) is 0.467. The number of fused-ring (bicyclic) bond motifs is 1. The van der Waals surface area contributed by atoms with Gasteiger partial charge in [-0.15, -0.1) is 11.3 Å². The number of carbonyl (C=O) groups is 1. The van der Waals surface area contributed by atoms with Gasteiger partial charge < -0.3 is 15.4 Å². The van der Waals surface area contributed by atoms with Crippen molar-refractivity contribution in [3.63, 3.8) is 0 Å². The summed E-state index contributed by atoms with van der Waals surface area (Å²) in [6, 6.07) is 3.43. The van der Waals surface area contributed by atoms with Crippen molar-refractivity contribution in [2.75, 3.05) is 13.2 Å². The first-order valence-corrected chi connectivity index (χ1v) is 8.60. The van der Waals surface area contributed by atoms with Gasteiger partial charge in [0.2, 0.25) is 0 Å². The number of carbonyl (C=O) groups excluding carboxylic acids is 1. The van der Waals surface area contributed by atoms with Crippen molar-refractivity contribution in [1.82, 2.24) is 20.4 Å². The molecule has 1 aliphatic rings. The lowest BCUT2D eigenvalue weighted by molar-refractivity contribution is -0.142. The lowest BCUT2D eigenvalue weighted by Crippen LogP contribution is -2.37. The number of ether oxygens (including phenoxy) is 1. The minimum Gasteiger partial charge on any atom is -0.376 e. The van der Waals surface area contributed by atoms with Crippen LogP contribution < -0.4 is 10.6 Å². The van der Waals surface area contributed by atoms with Crippen LogP contribution in [0.4, 0.5) is 18.0 Å². The molecule has 0 saturated carbocycles. The van der Waals surface area contributed by atoms with E-state index in [0.717, 1.165) is 4.88 Å². The van der Waals surface area contributed by atoms with Crippen LogP contribution in [0.3, 0.4) is 0 Å². The average Bonchev–Trinajstić information content (AvgIpc) is 3.20. The van der Waals surface area contributed by atoms with Crippen LogP contribution >= 0.6 is 11.3 Å². The van der Waals surface area contributed by atoms with E-state index in [1.807, 2.05) is 17.5 Å². The molecule has 0 saturated heterocycles. The number of halogens is 3. The van der Waals surface area contributed by atoms with E-state index < -0.39 is 11.9 Å². The fourth-order valence-electron chi connectivity index (χ4n) is 2.64. The third-order valence-corrected chi connectivity index (χ3v) is 4.65. The number of nitrogens with zero attached hydrogens (tertiary/aromatic N) is 2. The summed E-state index contributed by atoms with van der Waals surface area (Å²) in [6.45, 7) is 1.05. The van der Waals surface area contributed by atoms with E-state index in [1.54, 1.807) is 0 Å². The molecule has 136 valence electrons. The highest BCUT2D eigenvalue weighted by atomic mass is 32.1. The molecule has 2 N–H and O–H groups in total. The topological polar surface area (TPSA) is 68.2 Å². The largest absolute Gasteiger partial charge is 0.435 e. The van der Waals surface area contributed by atoms with Crippen LogP contribution in [0, 0.1) is 0 Å². The molecule has 10 heteroatoms. The Balaban J connectivity index is 1.56. The van der Waals surface area contributed by atoms with E-state index in [0.29, 0.717) is 25.3 Å². The Morgan fingerprint density at radius 3 is 2.96 bits per heavy atom. The molecular formula is C15H17F3N4O2S. The summed E-state index contributed by atoms with van der Waals surface area (Å²) < 4.78 is 45.6. The molecule has 25 heavy (non-hydrogen) atoms. The maximum atomic E-state index is 13.1. The molecule has 3 heterocycles. The Hall–Kier alpha value is -2.07. The van der Waals surface area contributed by atoms with Gasteiger partial charge in [-0.3, -0.25) is 4.68 Å². The SMILES string of the molecule is O=C(NCCn1nc(C(F)(F)F)c2c1CCOC2)NCc1cccs1. The summed E-state index contributed by atoms with van der Waals surface area (Å²) >= 11 is 1.53. The third-order valence-electron chi connectivity index (χ3n) is 3.78. The molecular weight excluding hydrogens is 357 g/mol. The molecule has 2 aromatic heterocycles. The van der Waals surface area contributed by atoms with E-state index >= 15 is 0 Å². The van der Waals surface area contributed by atoms with Crippen molar-refractivity contribution >= 4 is 17.4 Å². The van der Waals surface area contributed by atoms with Crippen LogP contribution in [0.15, 0.2) is 17.5 Å². The molecule has 3 rings (SSSR count). The minimum absolute atomic E-state index is 0.0844. The van der Waals surface area contributed by atoms with E-state index in [-0.39, 0.29) is 31.3 Å². The Morgan fingerprint density at radius 2 is 2.24 bits per heavy atom. The highest BCUT2D eigenvalue weighted by Gasteiger charge is 2.39. The van der Waals surface area contributed by atoms with Gasteiger partial charge in [0, 0.05) is 29.1 Å². The number of rotatable bonds is 5. The molecule has 0 radical (unpaired) electrons. The number of amides is 2. The number of nitrogens with one attached hydrogen (secondary N) is 2. The van der Waals surface area contributed by atoms with Crippen molar-refractivity contribution in [2.24, 2.45) is 0 Å². The zero-order valence-electron chi connectivity index (χ0n) is 13.2. The van der Waals surface area contributed by atoms with Crippen LogP contribution in [0.25, 0.3) is 0 Å². The van der Waals surface area contributed by atoms with Gasteiger partial charge in [-0.1, -0.05) is 6.07 Å². The van der Waals surface area contributed by atoms with Gasteiger partial charge in [0.1, 0.15) is 0 Å². The van der Waals surface area contributed by atoms with Crippen molar-refractivity contribution in [3.8, 4) is 0 Å². The quantitative estimate of drug-likeness (QED) is 0.845. The van der Waals surface area contributed by atoms with Crippen LogP contribution in [-0.2, 0) is 37.0 Å². The number of hydrogen-bond acceptors (Lipinski definition) is 4. The molecule has 6 nitrogen and oxygen atoms in total. The van der Waals surface area contributed by atoms with Gasteiger partial charge >= 0.3 is 12.2 Å². The fourth-order valence-corrected chi connectivity index (χ4v) is 3.28. The maximum absolute atomic E-state index is 13.1. The Bertz CT molecular complexity index is 728. The first-order chi connectivity index (χ1) is 11.9.